The third kappa shape index (κ3) is 9.55. The maximum Gasteiger partial charge on any atom is 0.424 e. The molecule has 0 aromatic heterocycles. The van der Waals surface area contributed by atoms with Crippen molar-refractivity contribution >= 4 is 62.0 Å². The number of unbranched alkanes of at least 4 members (excludes halogenated alkanes) is 1. The van der Waals surface area contributed by atoms with Crippen molar-refractivity contribution in [1.82, 2.24) is 4.90 Å². The first-order chi connectivity index (χ1) is 27.1. The number of non-ortho nitro benzene ring substituents is 2. The van der Waals surface area contributed by atoms with Gasteiger partial charge in [0, 0.05) is 41.9 Å². The van der Waals surface area contributed by atoms with Crippen LogP contribution in [-0.4, -0.2) is 57.7 Å². The number of anilines is 1. The molecule has 0 saturated carbocycles. The first-order valence-electron chi connectivity index (χ1n) is 16.8. The van der Waals surface area contributed by atoms with Gasteiger partial charge in [0.15, 0.2) is 0 Å². The number of carbonyl (C=O) groups is 4. The lowest BCUT2D eigenvalue weighted by atomic mass is 10.1. The third-order valence-electron chi connectivity index (χ3n) is 8.49. The first kappa shape index (κ1) is 41.4. The maximum atomic E-state index is 14.2. The van der Waals surface area contributed by atoms with E-state index in [0.29, 0.717) is 28.1 Å². The number of amides is 4. The average molecular weight is 817 g/mol. The number of nitro benzene ring substituents is 2. The van der Waals surface area contributed by atoms with E-state index in [1.165, 1.54) is 79.9 Å². The van der Waals surface area contributed by atoms with Crippen molar-refractivity contribution in [2.24, 2.45) is 0 Å². The van der Waals surface area contributed by atoms with E-state index in [-0.39, 0.29) is 52.4 Å². The molecule has 5 rings (SSSR count). The van der Waals surface area contributed by atoms with Gasteiger partial charge in [-0.3, -0.25) is 35.1 Å². The molecule has 1 heterocycles. The first-order valence-corrected chi connectivity index (χ1v) is 19.1. The zero-order chi connectivity index (χ0) is 41.3. The second-order valence-corrected chi connectivity index (χ2v) is 15.9. The molecule has 1 saturated heterocycles. The van der Waals surface area contributed by atoms with Gasteiger partial charge in [-0.2, -0.15) is 4.90 Å². The Hall–Kier alpha value is -6.78. The SMILES string of the molecule is COc1ccc(S(=O)(=O)C2(CCCC#Cc3cc(NC(=O)OCc4ccc([N+](=O)[O-])cc4)ccc3C)SC(=O)N(C(=O)OCc3ccc([N+](=O)[O-])cc3)C2=O)cc1. The van der Waals surface area contributed by atoms with E-state index < -0.39 is 60.1 Å². The summed E-state index contributed by atoms with van der Waals surface area (Å²) >= 11 is 0.180. The number of nitrogens with one attached hydrogen (secondary N) is 1. The summed E-state index contributed by atoms with van der Waals surface area (Å²) in [6.07, 6.45) is -2.57. The van der Waals surface area contributed by atoms with Crippen LogP contribution >= 0.6 is 11.8 Å². The highest BCUT2D eigenvalue weighted by Gasteiger charge is 2.63. The number of aryl methyl sites for hydroxylation is 1. The molecule has 0 radical (unpaired) electrons. The monoisotopic (exact) mass is 816 g/mol. The number of benzene rings is 4. The number of hydrogen-bond acceptors (Lipinski definition) is 14. The van der Waals surface area contributed by atoms with E-state index in [1.807, 2.05) is 0 Å². The van der Waals surface area contributed by atoms with Gasteiger partial charge >= 0.3 is 12.2 Å². The topological polar surface area (TPSA) is 232 Å². The lowest BCUT2D eigenvalue weighted by Gasteiger charge is -2.25. The van der Waals surface area contributed by atoms with Crippen LogP contribution in [0.5, 0.6) is 5.75 Å². The van der Waals surface area contributed by atoms with Gasteiger partial charge in [0.1, 0.15) is 19.0 Å². The number of nitro groups is 2. The molecular weight excluding hydrogens is 785 g/mol. The molecule has 0 aliphatic carbocycles. The number of imide groups is 3. The average Bonchev–Trinajstić information content (AvgIpc) is 3.46. The van der Waals surface area contributed by atoms with Crippen LogP contribution in [0.4, 0.5) is 31.4 Å². The number of methoxy groups -OCH3 is 1. The summed E-state index contributed by atoms with van der Waals surface area (Å²) in [6.45, 7) is 1.18. The smallest absolute Gasteiger partial charge is 0.424 e. The number of rotatable bonds is 13. The minimum absolute atomic E-state index is 0.00789. The fraction of sp³-hybridized carbons (Fsp3) is 0.211. The molecule has 1 fully saturated rings. The van der Waals surface area contributed by atoms with E-state index in [1.54, 1.807) is 25.1 Å². The molecule has 1 N–H and O–H groups in total. The highest BCUT2D eigenvalue weighted by Crippen LogP contribution is 2.48. The Morgan fingerprint density at radius 2 is 1.44 bits per heavy atom. The van der Waals surface area contributed by atoms with Gasteiger partial charge in [0.2, 0.25) is 13.9 Å². The minimum atomic E-state index is -4.65. The molecule has 57 heavy (non-hydrogen) atoms. The zero-order valence-corrected chi connectivity index (χ0v) is 31.8. The van der Waals surface area contributed by atoms with Crippen LogP contribution in [0.1, 0.15) is 41.5 Å². The van der Waals surface area contributed by atoms with E-state index in [0.717, 1.165) is 5.56 Å². The summed E-state index contributed by atoms with van der Waals surface area (Å²) < 4.78 is 41.4. The van der Waals surface area contributed by atoms with Gasteiger partial charge in [-0.05, 0) is 109 Å². The van der Waals surface area contributed by atoms with Crippen molar-refractivity contribution in [2.75, 3.05) is 12.4 Å². The molecule has 1 atom stereocenters. The predicted molar refractivity (Wildman–Crippen MR) is 205 cm³/mol. The van der Waals surface area contributed by atoms with Crippen LogP contribution in [0.15, 0.2) is 95.9 Å². The molecule has 0 bridgehead atoms. The number of sulfone groups is 1. The molecule has 1 unspecified atom stereocenters. The number of thioether (sulfide) groups is 1. The summed E-state index contributed by atoms with van der Waals surface area (Å²) in [4.78, 5) is 73.2. The van der Waals surface area contributed by atoms with Crippen LogP contribution in [0, 0.1) is 39.0 Å². The van der Waals surface area contributed by atoms with Gasteiger partial charge in [-0.1, -0.05) is 17.9 Å². The van der Waals surface area contributed by atoms with Crippen molar-refractivity contribution in [3.8, 4) is 17.6 Å². The highest BCUT2D eigenvalue weighted by molar-refractivity contribution is 8.25. The van der Waals surface area contributed by atoms with E-state index in [2.05, 4.69) is 17.2 Å². The minimum Gasteiger partial charge on any atom is -0.497 e. The molecule has 4 aromatic carbocycles. The zero-order valence-electron chi connectivity index (χ0n) is 30.2. The van der Waals surface area contributed by atoms with E-state index in [9.17, 15) is 47.8 Å². The molecular formula is C38H32N4O13S2. The summed E-state index contributed by atoms with van der Waals surface area (Å²) in [5, 5.41) is 23.2. The Morgan fingerprint density at radius 1 is 0.860 bits per heavy atom. The molecule has 19 heteroatoms. The molecule has 294 valence electrons. The van der Waals surface area contributed by atoms with Crippen molar-refractivity contribution in [1.29, 1.82) is 0 Å². The lowest BCUT2D eigenvalue weighted by Crippen LogP contribution is -2.47. The quantitative estimate of drug-likeness (QED) is 0.0604. The van der Waals surface area contributed by atoms with Gasteiger partial charge in [-0.25, -0.2) is 18.0 Å². The second kappa shape index (κ2) is 17.8. The van der Waals surface area contributed by atoms with Gasteiger partial charge in [0.25, 0.3) is 22.5 Å². The molecule has 1 aliphatic heterocycles. The van der Waals surface area contributed by atoms with E-state index >= 15 is 0 Å². The third-order valence-corrected chi connectivity index (χ3v) is 12.6. The largest absolute Gasteiger partial charge is 0.497 e. The number of ether oxygens (including phenoxy) is 3. The standard InChI is InChI=1S/C38H32N4O13S2/c1-25-7-12-29(39-35(44)54-23-26-8-13-30(14-9-26)41(47)48)22-28(25)6-4-3-5-21-38(57(51,52)33-19-17-32(53-2)18-20-33)34(43)40(37(46)56-38)36(45)55-24-27-10-15-31(16-11-27)42(49)50/h7-20,22H,3,5,21,23-24H2,1-2H3,(H,39,44). The fourth-order valence-electron chi connectivity index (χ4n) is 5.39. The van der Waals surface area contributed by atoms with Crippen LogP contribution in [-0.2, 0) is 37.3 Å². The van der Waals surface area contributed by atoms with Crippen molar-refractivity contribution in [2.45, 2.75) is 48.4 Å². The van der Waals surface area contributed by atoms with Crippen LogP contribution < -0.4 is 10.1 Å². The van der Waals surface area contributed by atoms with Gasteiger partial charge in [0.05, 0.1) is 21.9 Å². The molecule has 1 aliphatic rings. The number of carbonyl (C=O) groups excluding carboxylic acids is 4. The second-order valence-electron chi connectivity index (χ2n) is 12.2. The normalized spacial score (nSPS) is 14.9. The van der Waals surface area contributed by atoms with Crippen LogP contribution in [0.2, 0.25) is 0 Å². The Bertz CT molecular complexity index is 2390. The van der Waals surface area contributed by atoms with E-state index in [4.69, 9.17) is 14.2 Å². The Kier molecular flexibility index (Phi) is 12.9. The fourth-order valence-corrected chi connectivity index (χ4v) is 8.90. The highest BCUT2D eigenvalue weighted by atomic mass is 32.3. The molecule has 17 nitrogen and oxygen atoms in total. The number of nitrogens with zero attached hydrogens (tertiary/aromatic N) is 3. The Morgan fingerprint density at radius 3 is 2.00 bits per heavy atom. The molecule has 0 spiro atoms. The molecule has 4 aromatic rings. The van der Waals surface area contributed by atoms with Crippen molar-refractivity contribution < 1.29 is 51.7 Å². The van der Waals surface area contributed by atoms with Crippen molar-refractivity contribution in [3.63, 3.8) is 0 Å². The van der Waals surface area contributed by atoms with Crippen molar-refractivity contribution in [3.05, 3.63) is 133 Å². The lowest BCUT2D eigenvalue weighted by molar-refractivity contribution is -0.385. The van der Waals surface area contributed by atoms with Gasteiger partial charge in [-0.15, -0.1) is 0 Å². The summed E-state index contributed by atoms with van der Waals surface area (Å²) in [5.41, 5.74) is 2.18. The molecule has 4 amide bonds. The van der Waals surface area contributed by atoms with Crippen LogP contribution in [0.3, 0.4) is 0 Å². The predicted octanol–water partition coefficient (Wildman–Crippen LogP) is 7.29. The summed E-state index contributed by atoms with van der Waals surface area (Å²) in [7, 11) is -3.26. The van der Waals surface area contributed by atoms with Gasteiger partial charge < -0.3 is 14.2 Å². The summed E-state index contributed by atoms with van der Waals surface area (Å²) in [5.74, 6) is 4.92. The maximum absolute atomic E-state index is 14.2. The number of hydrogen-bond donors (Lipinski definition) is 1. The Balaban J connectivity index is 1.28. The summed E-state index contributed by atoms with van der Waals surface area (Å²) in [6, 6.07) is 20.7. The Labute approximate surface area is 329 Å². The van der Waals surface area contributed by atoms with Crippen LogP contribution in [0.25, 0.3) is 0 Å².